The topological polar surface area (TPSA) is 30.2 Å². The van der Waals surface area contributed by atoms with Crippen LogP contribution in [0.3, 0.4) is 0 Å². The summed E-state index contributed by atoms with van der Waals surface area (Å²) < 4.78 is 1.79. The molecule has 0 aliphatic rings. The van der Waals surface area contributed by atoms with Crippen molar-refractivity contribution in [2.75, 3.05) is 0 Å². The largest absolute Gasteiger partial charge is 0.235 e. The molecule has 0 aliphatic heterocycles. The average Bonchev–Trinajstić information content (AvgIpc) is 2.89. The molecule has 0 aliphatic carbocycles. The molecule has 2 aromatic carbocycles. The molecule has 0 unspecified atom stereocenters. The summed E-state index contributed by atoms with van der Waals surface area (Å²) in [7, 11) is 0. The number of aromatic nitrogens is 2. The number of rotatable bonds is 3. The van der Waals surface area contributed by atoms with Gasteiger partial charge in [0.25, 0.3) is 0 Å². The van der Waals surface area contributed by atoms with Gasteiger partial charge >= 0.3 is 0 Å². The number of hydrogen-bond acceptors (Lipinski definition) is 2. The van der Waals surface area contributed by atoms with Crippen molar-refractivity contribution in [1.82, 2.24) is 9.66 Å². The quantitative estimate of drug-likeness (QED) is 0.653. The highest BCUT2D eigenvalue weighted by molar-refractivity contribution is 5.81. The Morgan fingerprint density at radius 2 is 1.89 bits per heavy atom. The van der Waals surface area contributed by atoms with E-state index in [1.54, 1.807) is 11.0 Å². The predicted molar refractivity (Wildman–Crippen MR) is 78.5 cm³/mol. The van der Waals surface area contributed by atoms with Gasteiger partial charge < -0.3 is 0 Å². The molecule has 94 valence electrons. The highest BCUT2D eigenvalue weighted by atomic mass is 15.4. The first-order valence-electron chi connectivity index (χ1n) is 6.42. The minimum Gasteiger partial charge on any atom is -0.235 e. The summed E-state index contributed by atoms with van der Waals surface area (Å²) in [5.74, 6) is 0. The minimum atomic E-state index is 0.959. The van der Waals surface area contributed by atoms with Crippen molar-refractivity contribution in [3.63, 3.8) is 0 Å². The fraction of sp³-hybridized carbons (Fsp3) is 0.125. The van der Waals surface area contributed by atoms with E-state index in [2.05, 4.69) is 41.3 Å². The third-order valence-electron chi connectivity index (χ3n) is 3.15. The first-order chi connectivity index (χ1) is 9.36. The third kappa shape index (κ3) is 2.40. The maximum Gasteiger partial charge on any atom is 0.118 e. The smallest absolute Gasteiger partial charge is 0.118 e. The molecule has 3 heteroatoms. The SMILES string of the molecule is CCc1ccc(/C=N\n2cnc3ccccc32)cc1. The van der Waals surface area contributed by atoms with Crippen LogP contribution in [0.2, 0.25) is 0 Å². The Hall–Kier alpha value is -2.42. The monoisotopic (exact) mass is 249 g/mol. The van der Waals surface area contributed by atoms with Gasteiger partial charge in [-0.15, -0.1) is 0 Å². The molecule has 3 aromatic rings. The van der Waals surface area contributed by atoms with Gasteiger partial charge in [-0.3, -0.25) is 0 Å². The molecule has 19 heavy (non-hydrogen) atoms. The molecule has 0 spiro atoms. The van der Waals surface area contributed by atoms with E-state index in [0.29, 0.717) is 0 Å². The van der Waals surface area contributed by atoms with Crippen molar-refractivity contribution < 1.29 is 0 Å². The molecule has 0 saturated heterocycles. The summed E-state index contributed by atoms with van der Waals surface area (Å²) in [5.41, 5.74) is 4.41. The molecule has 0 N–H and O–H groups in total. The summed E-state index contributed by atoms with van der Waals surface area (Å²) in [4.78, 5) is 4.31. The third-order valence-corrected chi connectivity index (χ3v) is 3.15. The molecule has 0 bridgehead atoms. The van der Waals surface area contributed by atoms with Crippen molar-refractivity contribution in [2.24, 2.45) is 5.10 Å². The standard InChI is InChI=1S/C16H15N3/c1-2-13-7-9-14(10-8-13)11-18-19-12-17-15-5-3-4-6-16(15)19/h3-12H,2H2,1H3/b18-11-. The number of para-hydroxylation sites is 2. The molecule has 3 rings (SSSR count). The van der Waals surface area contributed by atoms with E-state index in [0.717, 1.165) is 23.0 Å². The van der Waals surface area contributed by atoms with Crippen molar-refractivity contribution in [1.29, 1.82) is 0 Å². The number of hydrogen-bond donors (Lipinski definition) is 0. The van der Waals surface area contributed by atoms with Gasteiger partial charge in [0, 0.05) is 0 Å². The summed E-state index contributed by atoms with van der Waals surface area (Å²) in [6.45, 7) is 2.15. The average molecular weight is 249 g/mol. The van der Waals surface area contributed by atoms with Gasteiger partial charge in [-0.25, -0.2) is 9.66 Å². The number of benzene rings is 2. The summed E-state index contributed by atoms with van der Waals surface area (Å²) in [6.07, 6.45) is 4.65. The molecule has 1 aromatic heterocycles. The Morgan fingerprint density at radius 3 is 2.68 bits per heavy atom. The number of aryl methyl sites for hydroxylation is 1. The van der Waals surface area contributed by atoms with Gasteiger partial charge in [0.1, 0.15) is 6.33 Å². The lowest BCUT2D eigenvalue weighted by atomic mass is 10.1. The minimum absolute atomic E-state index is 0.959. The summed E-state index contributed by atoms with van der Waals surface area (Å²) in [6, 6.07) is 16.4. The number of nitrogens with zero attached hydrogens (tertiary/aromatic N) is 3. The van der Waals surface area contributed by atoms with E-state index >= 15 is 0 Å². The van der Waals surface area contributed by atoms with E-state index in [1.165, 1.54) is 5.56 Å². The Labute approximate surface area is 112 Å². The molecular formula is C16H15N3. The highest BCUT2D eigenvalue weighted by Crippen LogP contribution is 2.11. The number of imidazole rings is 1. The molecule has 0 atom stereocenters. The van der Waals surface area contributed by atoms with Crippen LogP contribution in [0.1, 0.15) is 18.1 Å². The summed E-state index contributed by atoms with van der Waals surface area (Å²) in [5, 5.41) is 4.45. The van der Waals surface area contributed by atoms with Crippen molar-refractivity contribution in [3.8, 4) is 0 Å². The maximum atomic E-state index is 4.45. The van der Waals surface area contributed by atoms with Crippen LogP contribution in [0.15, 0.2) is 60.0 Å². The Kier molecular flexibility index (Phi) is 3.11. The van der Waals surface area contributed by atoms with Crippen LogP contribution in [0.25, 0.3) is 11.0 Å². The first kappa shape index (κ1) is 11.7. The van der Waals surface area contributed by atoms with Crippen LogP contribution in [0, 0.1) is 0 Å². The van der Waals surface area contributed by atoms with E-state index in [1.807, 2.05) is 30.5 Å². The van der Waals surface area contributed by atoms with Crippen LogP contribution >= 0.6 is 0 Å². The van der Waals surface area contributed by atoms with Crippen LogP contribution in [0.5, 0.6) is 0 Å². The van der Waals surface area contributed by atoms with E-state index in [4.69, 9.17) is 0 Å². The number of fused-ring (bicyclic) bond motifs is 1. The lowest BCUT2D eigenvalue weighted by molar-refractivity contribution is 0.914. The second-order valence-electron chi connectivity index (χ2n) is 4.42. The molecule has 0 amide bonds. The first-order valence-corrected chi connectivity index (χ1v) is 6.42. The molecule has 0 radical (unpaired) electrons. The zero-order valence-corrected chi connectivity index (χ0v) is 10.8. The lowest BCUT2D eigenvalue weighted by Crippen LogP contribution is -1.89. The van der Waals surface area contributed by atoms with E-state index < -0.39 is 0 Å². The second kappa shape index (κ2) is 5.06. The Balaban J connectivity index is 1.89. The van der Waals surface area contributed by atoms with E-state index in [-0.39, 0.29) is 0 Å². The molecule has 1 heterocycles. The van der Waals surface area contributed by atoms with Crippen LogP contribution < -0.4 is 0 Å². The second-order valence-corrected chi connectivity index (χ2v) is 4.42. The molecule has 0 saturated carbocycles. The van der Waals surface area contributed by atoms with Gasteiger partial charge in [-0.05, 0) is 29.7 Å². The van der Waals surface area contributed by atoms with Gasteiger partial charge in [0.05, 0.1) is 17.2 Å². The van der Waals surface area contributed by atoms with Crippen LogP contribution in [-0.4, -0.2) is 15.9 Å². The molecule has 3 nitrogen and oxygen atoms in total. The zero-order valence-electron chi connectivity index (χ0n) is 10.8. The van der Waals surface area contributed by atoms with Gasteiger partial charge in [-0.1, -0.05) is 43.3 Å². The summed E-state index contributed by atoms with van der Waals surface area (Å²) >= 11 is 0. The zero-order chi connectivity index (χ0) is 13.1. The lowest BCUT2D eigenvalue weighted by Gasteiger charge is -1.98. The van der Waals surface area contributed by atoms with Crippen LogP contribution in [0.4, 0.5) is 0 Å². The fourth-order valence-electron chi connectivity index (χ4n) is 2.01. The fourth-order valence-corrected chi connectivity index (χ4v) is 2.01. The molecular weight excluding hydrogens is 234 g/mol. The predicted octanol–water partition coefficient (Wildman–Crippen LogP) is 3.48. The van der Waals surface area contributed by atoms with Crippen molar-refractivity contribution in [3.05, 3.63) is 66.0 Å². The van der Waals surface area contributed by atoms with Crippen molar-refractivity contribution in [2.45, 2.75) is 13.3 Å². The van der Waals surface area contributed by atoms with Crippen LogP contribution in [-0.2, 0) is 6.42 Å². The normalized spacial score (nSPS) is 11.4. The van der Waals surface area contributed by atoms with E-state index in [9.17, 15) is 0 Å². The van der Waals surface area contributed by atoms with Gasteiger partial charge in [0.2, 0.25) is 0 Å². The van der Waals surface area contributed by atoms with Gasteiger partial charge in [-0.2, -0.15) is 5.10 Å². The highest BCUT2D eigenvalue weighted by Gasteiger charge is 1.98. The Morgan fingerprint density at radius 1 is 1.11 bits per heavy atom. The Bertz CT molecular complexity index is 708. The maximum absolute atomic E-state index is 4.45. The van der Waals surface area contributed by atoms with Crippen molar-refractivity contribution >= 4 is 17.2 Å². The van der Waals surface area contributed by atoms with Gasteiger partial charge in [0.15, 0.2) is 0 Å². The molecule has 0 fully saturated rings.